The Morgan fingerprint density at radius 1 is 0.606 bits per heavy atom. The van der Waals surface area contributed by atoms with Crippen LogP contribution < -0.4 is 0 Å². The molecule has 3 aliphatic heterocycles. The standard InChI is InChI=1S/C22H22N10S/c1-13-5-9-17(10-6-13)23-25-19-15(3)31-21(29-27-19)33-22-30-28-20(16(4)32(22)31)26-24-18-11-7-14(2)8-12-18/h5-12,27-28H,1-4H3. The number of fused-ring (bicyclic) bond motifs is 3. The number of aromatic nitrogens is 6. The molecule has 5 rings (SSSR count). The molecule has 0 unspecified atom stereocenters. The van der Waals surface area contributed by atoms with E-state index in [4.69, 9.17) is 0 Å². The highest BCUT2D eigenvalue weighted by Crippen LogP contribution is 2.33. The predicted octanol–water partition coefficient (Wildman–Crippen LogP) is 6.84. The maximum Gasteiger partial charge on any atom is 0.231 e. The summed E-state index contributed by atoms with van der Waals surface area (Å²) < 4.78 is 3.89. The van der Waals surface area contributed by atoms with Crippen LogP contribution in [-0.2, 0) is 0 Å². The van der Waals surface area contributed by atoms with E-state index in [1.807, 2.05) is 85.6 Å². The molecule has 0 aromatic heterocycles. The summed E-state index contributed by atoms with van der Waals surface area (Å²) in [5.74, 6) is 1.10. The molecule has 2 aromatic rings. The Hall–Kier alpha value is -4.12. The van der Waals surface area contributed by atoms with Crippen LogP contribution in [0.1, 0.15) is 22.5 Å². The zero-order valence-corrected chi connectivity index (χ0v) is 19.4. The normalized spacial score (nSPS) is 12.0. The van der Waals surface area contributed by atoms with Gasteiger partial charge in [-0.1, -0.05) is 46.7 Å². The van der Waals surface area contributed by atoms with Crippen molar-refractivity contribution < 1.29 is 0 Å². The van der Waals surface area contributed by atoms with Crippen LogP contribution in [0.5, 0.6) is 0 Å². The highest BCUT2D eigenvalue weighted by atomic mass is 32.1. The van der Waals surface area contributed by atoms with Crippen molar-refractivity contribution in [3.05, 3.63) is 71.0 Å². The fourth-order valence-corrected chi connectivity index (χ4v) is 4.21. The molecule has 0 saturated heterocycles. The van der Waals surface area contributed by atoms with Crippen LogP contribution in [0.3, 0.4) is 0 Å². The number of aromatic amines is 2. The average molecular weight is 459 g/mol. The van der Waals surface area contributed by atoms with Crippen LogP contribution in [0.4, 0.5) is 23.0 Å². The van der Waals surface area contributed by atoms with Gasteiger partial charge in [0.25, 0.3) is 0 Å². The van der Waals surface area contributed by atoms with Gasteiger partial charge in [-0.25, -0.2) is 9.36 Å². The second-order valence-electron chi connectivity index (χ2n) is 7.68. The minimum absolute atomic E-state index is 0.551. The maximum absolute atomic E-state index is 4.45. The molecule has 3 aliphatic rings. The Kier molecular flexibility index (Phi) is 5.31. The number of aryl methyl sites for hydroxylation is 2. The molecule has 2 N–H and O–H groups in total. The number of rotatable bonds is 4. The molecule has 0 amide bonds. The third kappa shape index (κ3) is 4.05. The number of hydrogen-bond acceptors (Lipinski definition) is 7. The fourth-order valence-electron chi connectivity index (χ4n) is 3.26. The summed E-state index contributed by atoms with van der Waals surface area (Å²) in [6.45, 7) is 7.98. The highest BCUT2D eigenvalue weighted by molar-refractivity contribution is 7.16. The van der Waals surface area contributed by atoms with Gasteiger partial charge in [0.1, 0.15) is 0 Å². The lowest BCUT2D eigenvalue weighted by molar-refractivity contribution is 0.639. The predicted molar refractivity (Wildman–Crippen MR) is 127 cm³/mol. The molecule has 0 aliphatic carbocycles. The molecule has 0 atom stereocenters. The van der Waals surface area contributed by atoms with Gasteiger partial charge in [-0.3, -0.25) is 10.2 Å². The molecule has 10 nitrogen and oxygen atoms in total. The first kappa shape index (κ1) is 20.8. The van der Waals surface area contributed by atoms with Gasteiger partial charge in [0.15, 0.2) is 11.6 Å². The number of azo groups is 2. The smallest absolute Gasteiger partial charge is 0.231 e. The van der Waals surface area contributed by atoms with Crippen LogP contribution in [0.2, 0.25) is 0 Å². The Morgan fingerprint density at radius 2 is 1.00 bits per heavy atom. The molecule has 0 spiro atoms. The van der Waals surface area contributed by atoms with Crippen molar-refractivity contribution in [1.82, 2.24) is 29.8 Å². The molecule has 0 fully saturated rings. The Labute approximate surface area is 193 Å². The molecule has 3 heterocycles. The number of hydrogen-bond donors (Lipinski definition) is 2. The minimum Gasteiger partial charge on any atom is -0.255 e. The lowest BCUT2D eigenvalue weighted by atomic mass is 10.2. The van der Waals surface area contributed by atoms with E-state index in [0.717, 1.165) is 33.0 Å². The molecule has 0 bridgehead atoms. The van der Waals surface area contributed by atoms with E-state index >= 15 is 0 Å². The first-order valence-electron chi connectivity index (χ1n) is 10.3. The Morgan fingerprint density at radius 3 is 1.39 bits per heavy atom. The largest absolute Gasteiger partial charge is 0.255 e. The van der Waals surface area contributed by atoms with E-state index < -0.39 is 0 Å². The van der Waals surface area contributed by atoms with Crippen molar-refractivity contribution in [3.63, 3.8) is 0 Å². The van der Waals surface area contributed by atoms with Crippen LogP contribution in [0.25, 0.3) is 10.3 Å². The van der Waals surface area contributed by atoms with Gasteiger partial charge < -0.3 is 0 Å². The van der Waals surface area contributed by atoms with Gasteiger partial charge in [0.2, 0.25) is 10.3 Å². The number of nitrogens with zero attached hydrogens (tertiary/aromatic N) is 8. The molecule has 33 heavy (non-hydrogen) atoms. The summed E-state index contributed by atoms with van der Waals surface area (Å²) in [5, 5.41) is 33.8. The fraction of sp³-hybridized carbons (Fsp3) is 0.182. The van der Waals surface area contributed by atoms with E-state index in [-0.39, 0.29) is 0 Å². The summed E-state index contributed by atoms with van der Waals surface area (Å²) in [5.41, 5.74) is 5.56. The minimum atomic E-state index is 0.551. The van der Waals surface area contributed by atoms with Gasteiger partial charge in [-0.2, -0.15) is 0 Å². The Balaban J connectivity index is 1.56. The second-order valence-corrected chi connectivity index (χ2v) is 8.61. The molecule has 2 aromatic carbocycles. The van der Waals surface area contributed by atoms with Crippen molar-refractivity contribution in [3.8, 4) is 10.3 Å². The van der Waals surface area contributed by atoms with Gasteiger partial charge in [0, 0.05) is 0 Å². The third-order valence-electron chi connectivity index (χ3n) is 5.18. The first-order valence-corrected chi connectivity index (χ1v) is 11.2. The van der Waals surface area contributed by atoms with E-state index in [0.29, 0.717) is 11.6 Å². The zero-order valence-electron chi connectivity index (χ0n) is 18.6. The van der Waals surface area contributed by atoms with E-state index in [1.165, 1.54) is 22.5 Å². The lowest BCUT2D eigenvalue weighted by Crippen LogP contribution is -2.16. The average Bonchev–Trinajstić information content (AvgIpc) is 3.21. The molecule has 166 valence electrons. The number of nitrogens with one attached hydrogen (secondary N) is 2. The van der Waals surface area contributed by atoms with Gasteiger partial charge in [-0.05, 0) is 52.0 Å². The first-order chi connectivity index (χ1) is 16.0. The molecule has 0 radical (unpaired) electrons. The molecule has 11 heteroatoms. The van der Waals surface area contributed by atoms with Gasteiger partial charge in [0.05, 0.1) is 22.8 Å². The number of benzene rings is 2. The van der Waals surface area contributed by atoms with E-state index in [9.17, 15) is 0 Å². The van der Waals surface area contributed by atoms with E-state index in [2.05, 4.69) is 40.9 Å². The molecular weight excluding hydrogens is 436 g/mol. The van der Waals surface area contributed by atoms with Crippen molar-refractivity contribution >= 4 is 34.3 Å². The summed E-state index contributed by atoms with van der Waals surface area (Å²) in [6, 6.07) is 15.7. The summed E-state index contributed by atoms with van der Waals surface area (Å²) in [7, 11) is 0. The third-order valence-corrected chi connectivity index (χ3v) is 6.07. The van der Waals surface area contributed by atoms with Gasteiger partial charge >= 0.3 is 0 Å². The van der Waals surface area contributed by atoms with Crippen molar-refractivity contribution in [2.45, 2.75) is 27.7 Å². The summed E-state index contributed by atoms with van der Waals surface area (Å²) in [6.07, 6.45) is 0. The summed E-state index contributed by atoms with van der Waals surface area (Å²) in [4.78, 5) is 0. The second kappa shape index (κ2) is 8.43. The SMILES string of the molecule is Cc1ccc(N=Nc2[nH]nc3sc4n[nH]c(N=Nc5ccc(C)cc5)c(C)n-4n-3c2C)cc1. The van der Waals surface area contributed by atoms with Crippen molar-refractivity contribution in [1.29, 1.82) is 0 Å². The summed E-state index contributed by atoms with van der Waals surface area (Å²) >= 11 is 1.44. The molecule has 0 saturated carbocycles. The lowest BCUT2D eigenvalue weighted by Gasteiger charge is -2.15. The number of H-pyrrole nitrogens is 2. The van der Waals surface area contributed by atoms with Crippen molar-refractivity contribution in [2.75, 3.05) is 0 Å². The van der Waals surface area contributed by atoms with Gasteiger partial charge in [-0.15, -0.1) is 30.7 Å². The monoisotopic (exact) mass is 458 g/mol. The molecular formula is C22H22N10S. The Bertz CT molecular complexity index is 1330. The van der Waals surface area contributed by atoms with Crippen LogP contribution in [0, 0.1) is 27.7 Å². The van der Waals surface area contributed by atoms with E-state index in [1.54, 1.807) is 0 Å². The van der Waals surface area contributed by atoms with Crippen LogP contribution in [0.15, 0.2) is 69.0 Å². The van der Waals surface area contributed by atoms with Crippen LogP contribution >= 0.6 is 11.3 Å². The topological polar surface area (TPSA) is 117 Å². The van der Waals surface area contributed by atoms with Crippen LogP contribution in [-0.4, -0.2) is 29.8 Å². The van der Waals surface area contributed by atoms with Crippen molar-refractivity contribution in [2.24, 2.45) is 20.5 Å². The quantitative estimate of drug-likeness (QED) is 0.287. The zero-order chi connectivity index (χ0) is 22.9. The maximum atomic E-state index is 4.45. The highest BCUT2D eigenvalue weighted by Gasteiger charge is 2.23.